The summed E-state index contributed by atoms with van der Waals surface area (Å²) in [6.45, 7) is 9.96. The van der Waals surface area contributed by atoms with Crippen LogP contribution >= 0.6 is 0 Å². The number of hydrogen-bond donors (Lipinski definition) is 4. The molecule has 0 aromatic heterocycles. The number of benzene rings is 1. The summed E-state index contributed by atoms with van der Waals surface area (Å²) in [7, 11) is 0. The van der Waals surface area contributed by atoms with Crippen LogP contribution in [-0.2, 0) is 30.0 Å². The molecule has 2 aliphatic heterocycles. The largest absolute Gasteiger partial charge is 0.479 e. The third-order valence-electron chi connectivity index (χ3n) is 10.6. The predicted octanol–water partition coefficient (Wildman–Crippen LogP) is 5.83. The second-order valence-corrected chi connectivity index (χ2v) is 15.6. The maximum absolute atomic E-state index is 14.3. The normalized spacial score (nSPS) is 25.5. The van der Waals surface area contributed by atoms with Gasteiger partial charge in [0.25, 0.3) is 0 Å². The molecule has 4 amide bonds. The van der Waals surface area contributed by atoms with Crippen LogP contribution in [0.1, 0.15) is 90.5 Å². The van der Waals surface area contributed by atoms with E-state index < -0.39 is 76.8 Å². The number of alkyl halides is 3. The molecule has 16 heteroatoms. The van der Waals surface area contributed by atoms with Crippen molar-refractivity contribution in [2.24, 2.45) is 11.3 Å². The Morgan fingerprint density at radius 3 is 2.19 bits per heavy atom. The van der Waals surface area contributed by atoms with Crippen molar-refractivity contribution in [3.63, 3.8) is 0 Å². The van der Waals surface area contributed by atoms with Gasteiger partial charge in [-0.25, -0.2) is 14.4 Å². The van der Waals surface area contributed by atoms with Crippen molar-refractivity contribution in [3.8, 4) is 0 Å². The minimum atomic E-state index is -4.66. The Bertz CT molecular complexity index is 1570. The van der Waals surface area contributed by atoms with E-state index >= 15 is 0 Å². The van der Waals surface area contributed by atoms with Crippen LogP contribution in [-0.4, -0.2) is 89.4 Å². The molecule has 1 aromatic carbocycles. The molecule has 13 nitrogen and oxygen atoms in total. The number of nitrogens with one attached hydrogen (secondary N) is 3. The highest BCUT2D eigenvalue weighted by molar-refractivity contribution is 5.96. The summed E-state index contributed by atoms with van der Waals surface area (Å²) < 4.78 is 52.3. The van der Waals surface area contributed by atoms with Gasteiger partial charge in [0, 0.05) is 38.4 Å². The van der Waals surface area contributed by atoms with Crippen LogP contribution in [0, 0.1) is 11.3 Å². The molecule has 2 aliphatic carbocycles. The van der Waals surface area contributed by atoms with Gasteiger partial charge in [0.15, 0.2) is 0 Å². The molecule has 53 heavy (non-hydrogen) atoms. The second-order valence-electron chi connectivity index (χ2n) is 15.6. The Balaban J connectivity index is 1.36. The molecule has 0 radical (unpaired) electrons. The number of carbonyl (C=O) groups is 5. The molecular weight excluding hydrogens is 699 g/mol. The summed E-state index contributed by atoms with van der Waals surface area (Å²) in [6, 6.07) is 0.676. The molecule has 4 aliphatic rings. The number of aliphatic carboxylic acids is 1. The van der Waals surface area contributed by atoms with Crippen molar-refractivity contribution < 1.29 is 51.7 Å². The van der Waals surface area contributed by atoms with E-state index in [1.54, 1.807) is 20.8 Å². The van der Waals surface area contributed by atoms with Crippen molar-refractivity contribution >= 4 is 41.3 Å². The topological polar surface area (TPSA) is 167 Å². The van der Waals surface area contributed by atoms with Crippen molar-refractivity contribution in [2.45, 2.75) is 121 Å². The summed E-state index contributed by atoms with van der Waals surface area (Å²) in [5, 5.41) is 17.7. The first-order chi connectivity index (χ1) is 24.9. The zero-order valence-electron chi connectivity index (χ0n) is 30.4. The SMILES string of the molecule is C=C[C@@H]1C[C@]1(NC(=O)[C@@H]1C[C@@H](OC(=O)Nc2cc(C(F)(F)F)ccc2N2CCCCC2)CCN1C(=O)[C@@H](NC(=O)OC1CCCC1)C(C)(C)C)C(=O)O. The molecule has 1 aromatic rings. The van der Waals surface area contributed by atoms with Gasteiger partial charge in [-0.1, -0.05) is 26.8 Å². The van der Waals surface area contributed by atoms with E-state index in [0.29, 0.717) is 18.8 Å². The Labute approximate surface area is 307 Å². The van der Waals surface area contributed by atoms with E-state index in [4.69, 9.17) is 9.47 Å². The Morgan fingerprint density at radius 1 is 0.943 bits per heavy atom. The summed E-state index contributed by atoms with van der Waals surface area (Å²) in [4.78, 5) is 69.9. The maximum atomic E-state index is 14.3. The number of ether oxygens (including phenoxy) is 2. The summed E-state index contributed by atoms with van der Waals surface area (Å²) in [6.07, 6.45) is -0.446. The average molecular weight is 750 g/mol. The molecule has 4 fully saturated rings. The maximum Gasteiger partial charge on any atom is 0.416 e. The fourth-order valence-electron chi connectivity index (χ4n) is 7.51. The van der Waals surface area contributed by atoms with Crippen LogP contribution in [0.4, 0.5) is 34.1 Å². The standard InChI is InChI=1S/C37H50F3N5O8/c1-5-22-21-36(22,32(48)49)43-30(46)28-20-25(15-18-45(28)31(47)29(35(2,3)4)42-34(51)52-24-11-7-8-12-24)53-33(50)41-26-19-23(37(38,39)40)13-14-27(26)44-16-9-6-10-17-44/h5,13-14,19,22,24-25,28-29H,1,6-12,15-18,20-21H2,2-4H3,(H,41,50)(H,42,51)(H,43,46)(H,48,49)/t22-,25+,28+,29-,36-/m1/s1. The quantitative estimate of drug-likeness (QED) is 0.215. The van der Waals surface area contributed by atoms with E-state index in [9.17, 15) is 42.3 Å². The molecule has 5 rings (SSSR count). The molecule has 4 N–H and O–H groups in total. The number of carbonyl (C=O) groups excluding carboxylic acids is 4. The minimum absolute atomic E-state index is 0.0489. The highest BCUT2D eigenvalue weighted by atomic mass is 19.4. The lowest BCUT2D eigenvalue weighted by atomic mass is 9.84. The third kappa shape index (κ3) is 9.36. The Kier molecular flexibility index (Phi) is 11.9. The third-order valence-corrected chi connectivity index (χ3v) is 10.6. The molecule has 5 atom stereocenters. The average Bonchev–Trinajstić information content (AvgIpc) is 3.58. The van der Waals surface area contributed by atoms with Gasteiger partial charge < -0.3 is 35.0 Å². The number of nitrogens with zero attached hydrogens (tertiary/aromatic N) is 2. The van der Waals surface area contributed by atoms with Crippen LogP contribution in [0.3, 0.4) is 0 Å². The van der Waals surface area contributed by atoms with Crippen LogP contribution < -0.4 is 20.9 Å². The first kappa shape index (κ1) is 39.7. The first-order valence-corrected chi connectivity index (χ1v) is 18.3. The van der Waals surface area contributed by atoms with E-state index in [1.165, 1.54) is 17.0 Å². The lowest BCUT2D eigenvalue weighted by molar-refractivity contribution is -0.150. The van der Waals surface area contributed by atoms with E-state index in [2.05, 4.69) is 22.5 Å². The van der Waals surface area contributed by atoms with Gasteiger partial charge in [0.1, 0.15) is 29.8 Å². The van der Waals surface area contributed by atoms with Crippen LogP contribution in [0.2, 0.25) is 0 Å². The van der Waals surface area contributed by atoms with Crippen molar-refractivity contribution in [1.82, 2.24) is 15.5 Å². The number of hydrogen-bond acceptors (Lipinski definition) is 8. The number of amides is 4. The number of piperidine rings is 2. The summed E-state index contributed by atoms with van der Waals surface area (Å²) in [5.74, 6) is -3.23. The van der Waals surface area contributed by atoms with Gasteiger partial charge in [0.05, 0.1) is 16.9 Å². The monoisotopic (exact) mass is 749 g/mol. The van der Waals surface area contributed by atoms with Gasteiger partial charge in [-0.3, -0.25) is 14.9 Å². The number of rotatable bonds is 10. The zero-order chi connectivity index (χ0) is 38.7. The molecule has 0 bridgehead atoms. The highest BCUT2D eigenvalue weighted by Gasteiger charge is 2.61. The Hall–Kier alpha value is -4.50. The van der Waals surface area contributed by atoms with E-state index in [-0.39, 0.29) is 37.6 Å². The number of alkyl carbamates (subject to hydrolysis) is 1. The molecule has 2 saturated carbocycles. The molecule has 0 spiro atoms. The first-order valence-electron chi connectivity index (χ1n) is 18.3. The van der Waals surface area contributed by atoms with Gasteiger partial charge in [-0.15, -0.1) is 6.58 Å². The fourth-order valence-corrected chi connectivity index (χ4v) is 7.51. The number of anilines is 2. The number of carboxylic acid groups (broad SMARTS) is 1. The lowest BCUT2D eigenvalue weighted by Crippen LogP contribution is -2.63. The smallest absolute Gasteiger partial charge is 0.416 e. The molecule has 2 heterocycles. The van der Waals surface area contributed by atoms with Crippen molar-refractivity contribution in [1.29, 1.82) is 0 Å². The van der Waals surface area contributed by atoms with Crippen LogP contribution in [0.15, 0.2) is 30.9 Å². The van der Waals surface area contributed by atoms with Crippen molar-refractivity contribution in [2.75, 3.05) is 29.9 Å². The second kappa shape index (κ2) is 15.8. The van der Waals surface area contributed by atoms with Gasteiger partial charge >= 0.3 is 24.3 Å². The highest BCUT2D eigenvalue weighted by Crippen LogP contribution is 2.45. The minimum Gasteiger partial charge on any atom is -0.479 e. The zero-order valence-corrected chi connectivity index (χ0v) is 30.4. The van der Waals surface area contributed by atoms with Crippen LogP contribution in [0.25, 0.3) is 0 Å². The molecular formula is C37H50F3N5O8. The number of carboxylic acids is 1. The number of halogens is 3. The van der Waals surface area contributed by atoms with Gasteiger partial charge in [0.2, 0.25) is 11.8 Å². The fraction of sp³-hybridized carbons (Fsp3) is 0.649. The summed E-state index contributed by atoms with van der Waals surface area (Å²) >= 11 is 0. The van der Waals surface area contributed by atoms with E-state index in [1.807, 2.05) is 4.90 Å². The predicted molar refractivity (Wildman–Crippen MR) is 188 cm³/mol. The Morgan fingerprint density at radius 2 is 1.60 bits per heavy atom. The van der Waals surface area contributed by atoms with Crippen LogP contribution in [0.5, 0.6) is 0 Å². The lowest BCUT2D eigenvalue weighted by Gasteiger charge is -2.42. The van der Waals surface area contributed by atoms with Gasteiger partial charge in [-0.2, -0.15) is 13.2 Å². The van der Waals surface area contributed by atoms with E-state index in [0.717, 1.165) is 57.1 Å². The molecule has 2 saturated heterocycles. The summed E-state index contributed by atoms with van der Waals surface area (Å²) in [5.41, 5.74) is -3.08. The molecule has 292 valence electrons. The van der Waals surface area contributed by atoms with Crippen molar-refractivity contribution in [3.05, 3.63) is 36.4 Å². The van der Waals surface area contributed by atoms with Gasteiger partial charge in [-0.05, 0) is 75.0 Å². The molecule has 0 unspecified atom stereocenters. The number of likely N-dealkylation sites (tertiary alicyclic amines) is 1.